The molecule has 0 fully saturated rings. The summed E-state index contributed by atoms with van der Waals surface area (Å²) < 4.78 is 29.7. The minimum absolute atomic E-state index is 0.457. The summed E-state index contributed by atoms with van der Waals surface area (Å²) >= 11 is 6.11. The summed E-state index contributed by atoms with van der Waals surface area (Å²) in [5, 5.41) is 11.5. The van der Waals surface area contributed by atoms with Gasteiger partial charge in [-0.15, -0.1) is 0 Å². The monoisotopic (exact) mass is 535 g/mol. The molecule has 0 aliphatic heterocycles. The Bertz CT molecular complexity index is 1520. The van der Waals surface area contributed by atoms with Crippen LogP contribution in [0.2, 0.25) is 5.02 Å². The van der Waals surface area contributed by atoms with Gasteiger partial charge in [-0.2, -0.15) is 8.42 Å². The van der Waals surface area contributed by atoms with Crippen molar-refractivity contribution in [3.63, 3.8) is 0 Å². The van der Waals surface area contributed by atoms with Crippen LogP contribution in [0.1, 0.15) is 47.4 Å². The van der Waals surface area contributed by atoms with Crippen LogP contribution in [0, 0.1) is 0 Å². The first-order valence-corrected chi connectivity index (χ1v) is 14.3. The maximum Gasteiger partial charge on any atom is 0.264 e. The third-order valence-corrected chi connectivity index (χ3v) is 6.82. The van der Waals surface area contributed by atoms with Gasteiger partial charge in [0.05, 0.1) is 23.6 Å². The van der Waals surface area contributed by atoms with Gasteiger partial charge in [0.15, 0.2) is 0 Å². The van der Waals surface area contributed by atoms with Crippen LogP contribution in [0.4, 0.5) is 0 Å². The summed E-state index contributed by atoms with van der Waals surface area (Å²) in [6.45, 7) is 1.76. The molecule has 0 amide bonds. The molecule has 0 saturated heterocycles. The van der Waals surface area contributed by atoms with Gasteiger partial charge < -0.3 is 5.11 Å². The van der Waals surface area contributed by atoms with Crippen LogP contribution in [0.25, 0.3) is 23.1 Å². The summed E-state index contributed by atoms with van der Waals surface area (Å²) in [6.07, 6.45) is 5.48. The Morgan fingerprint density at radius 2 is 1.73 bits per heavy atom. The van der Waals surface area contributed by atoms with Crippen molar-refractivity contribution in [2.45, 2.75) is 38.4 Å². The molecular formula is C30H30ClNO4S. The molecule has 0 spiro atoms. The molecular weight excluding hydrogens is 506 g/mol. The molecule has 4 rings (SSSR count). The zero-order valence-electron chi connectivity index (χ0n) is 20.8. The molecule has 0 radical (unpaired) electrons. The summed E-state index contributed by atoms with van der Waals surface area (Å²) in [5.74, 6) is 0. The quantitative estimate of drug-likeness (QED) is 0.231. The van der Waals surface area contributed by atoms with Crippen molar-refractivity contribution in [2.75, 3.05) is 6.26 Å². The maximum atomic E-state index is 12.1. The van der Waals surface area contributed by atoms with E-state index in [1.165, 1.54) is 0 Å². The highest BCUT2D eigenvalue weighted by atomic mass is 35.5. The third-order valence-electron chi connectivity index (χ3n) is 6.01. The lowest BCUT2D eigenvalue weighted by Gasteiger charge is -2.19. The van der Waals surface area contributed by atoms with Crippen LogP contribution in [0.15, 0.2) is 78.9 Å². The van der Waals surface area contributed by atoms with Crippen LogP contribution < -0.4 is 0 Å². The van der Waals surface area contributed by atoms with Gasteiger partial charge in [0.25, 0.3) is 10.1 Å². The lowest BCUT2D eigenvalue weighted by atomic mass is 9.95. The van der Waals surface area contributed by atoms with Crippen molar-refractivity contribution in [2.24, 2.45) is 0 Å². The number of hydrogen-bond donors (Lipinski definition) is 1. The van der Waals surface area contributed by atoms with Crippen molar-refractivity contribution in [1.82, 2.24) is 4.98 Å². The van der Waals surface area contributed by atoms with Gasteiger partial charge >= 0.3 is 0 Å². The Balaban J connectivity index is 1.56. The van der Waals surface area contributed by atoms with E-state index < -0.39 is 22.3 Å². The smallest absolute Gasteiger partial charge is 0.264 e. The summed E-state index contributed by atoms with van der Waals surface area (Å²) in [5.41, 5.74) is 5.42. The van der Waals surface area contributed by atoms with Crippen LogP contribution in [-0.2, 0) is 27.1 Å². The zero-order valence-corrected chi connectivity index (χ0v) is 22.4. The number of hydrogen-bond acceptors (Lipinski definition) is 5. The highest BCUT2D eigenvalue weighted by molar-refractivity contribution is 7.86. The molecule has 2 unspecified atom stereocenters. The molecule has 1 aromatic heterocycles. The fourth-order valence-corrected chi connectivity index (χ4v) is 5.13. The number of pyridine rings is 1. The lowest BCUT2D eigenvalue weighted by molar-refractivity contribution is 0.194. The Labute approximate surface area is 223 Å². The second kappa shape index (κ2) is 12.0. The van der Waals surface area contributed by atoms with Gasteiger partial charge in [-0.3, -0.25) is 4.18 Å². The molecule has 37 heavy (non-hydrogen) atoms. The van der Waals surface area contributed by atoms with E-state index in [9.17, 15) is 13.5 Å². The number of nitrogens with zero attached hydrogens (tertiary/aromatic N) is 1. The summed E-state index contributed by atoms with van der Waals surface area (Å²) in [6, 6.07) is 25.1. The molecule has 4 aromatic rings. The number of aliphatic hydroxyl groups excluding tert-OH is 1. The topological polar surface area (TPSA) is 76.5 Å². The summed E-state index contributed by atoms with van der Waals surface area (Å²) in [4.78, 5) is 4.66. The zero-order chi connectivity index (χ0) is 26.4. The van der Waals surface area contributed by atoms with Crippen LogP contribution >= 0.6 is 11.6 Å². The minimum atomic E-state index is -3.68. The van der Waals surface area contributed by atoms with E-state index in [2.05, 4.69) is 4.98 Å². The van der Waals surface area contributed by atoms with E-state index in [0.29, 0.717) is 24.3 Å². The molecule has 5 nitrogen and oxygen atoms in total. The third kappa shape index (κ3) is 7.98. The number of halogens is 1. The van der Waals surface area contributed by atoms with Crippen molar-refractivity contribution in [3.8, 4) is 0 Å². The fourth-order valence-electron chi connectivity index (χ4n) is 4.33. The van der Waals surface area contributed by atoms with Gasteiger partial charge in [0.2, 0.25) is 0 Å². The molecule has 0 bridgehead atoms. The highest BCUT2D eigenvalue weighted by Gasteiger charge is 2.19. The van der Waals surface area contributed by atoms with Gasteiger partial charge in [-0.25, -0.2) is 4.98 Å². The van der Waals surface area contributed by atoms with Crippen molar-refractivity contribution >= 4 is 44.8 Å². The summed E-state index contributed by atoms with van der Waals surface area (Å²) in [7, 11) is -3.68. The Morgan fingerprint density at radius 1 is 0.973 bits per heavy atom. The first-order chi connectivity index (χ1) is 17.7. The Morgan fingerprint density at radius 3 is 2.49 bits per heavy atom. The number of aryl methyl sites for hydroxylation is 1. The van der Waals surface area contributed by atoms with Crippen LogP contribution in [0.5, 0.6) is 0 Å². The SMILES string of the molecule is CC(O)Cc1ccccc1CCC(OS(C)(=O)=O)c1cccc(/C=C/c2ccc3ccc(Cl)cc3n2)c1. The molecule has 1 N–H and O–H groups in total. The van der Waals surface area contributed by atoms with E-state index in [1.807, 2.05) is 91.0 Å². The number of rotatable bonds is 10. The first kappa shape index (κ1) is 27.0. The normalized spacial score (nSPS) is 13.7. The average Bonchev–Trinajstić information content (AvgIpc) is 2.85. The predicted octanol–water partition coefficient (Wildman–Crippen LogP) is 6.63. The first-order valence-electron chi connectivity index (χ1n) is 12.1. The van der Waals surface area contributed by atoms with E-state index in [-0.39, 0.29) is 0 Å². The lowest BCUT2D eigenvalue weighted by Crippen LogP contribution is -2.13. The second-order valence-electron chi connectivity index (χ2n) is 9.23. The van der Waals surface area contributed by atoms with Crippen molar-refractivity contribution in [3.05, 3.63) is 112 Å². The van der Waals surface area contributed by atoms with Crippen molar-refractivity contribution < 1.29 is 17.7 Å². The number of fused-ring (bicyclic) bond motifs is 1. The average molecular weight is 536 g/mol. The molecule has 1 heterocycles. The van der Waals surface area contributed by atoms with Crippen molar-refractivity contribution in [1.29, 1.82) is 0 Å². The minimum Gasteiger partial charge on any atom is -0.393 e. The fraction of sp³-hybridized carbons (Fsp3) is 0.233. The van der Waals surface area contributed by atoms with E-state index >= 15 is 0 Å². The second-order valence-corrected chi connectivity index (χ2v) is 11.3. The van der Waals surface area contributed by atoms with E-state index in [0.717, 1.165) is 45.1 Å². The Kier molecular flexibility index (Phi) is 8.77. The predicted molar refractivity (Wildman–Crippen MR) is 151 cm³/mol. The van der Waals surface area contributed by atoms with Crippen LogP contribution in [0.3, 0.4) is 0 Å². The van der Waals surface area contributed by atoms with E-state index in [1.54, 1.807) is 6.92 Å². The Hall–Kier alpha value is -3.03. The molecule has 3 aromatic carbocycles. The van der Waals surface area contributed by atoms with Gasteiger partial charge in [0, 0.05) is 10.4 Å². The number of benzene rings is 3. The number of aliphatic hydroxyl groups is 1. The molecule has 2 atom stereocenters. The van der Waals surface area contributed by atoms with Gasteiger partial charge in [-0.1, -0.05) is 72.3 Å². The largest absolute Gasteiger partial charge is 0.393 e. The maximum absolute atomic E-state index is 12.1. The molecule has 0 aliphatic carbocycles. The molecule has 0 aliphatic rings. The standard InChI is InChI=1S/C30H30ClNO4S/c1-21(33)18-25-8-4-3-7-23(25)13-17-30(36-37(2,34)35)26-9-5-6-22(19-26)10-15-28-16-12-24-11-14-27(31)20-29(24)32-28/h3-12,14-16,19-21,30,33H,13,17-18H2,1-2H3/b15-10+. The highest BCUT2D eigenvalue weighted by Crippen LogP contribution is 2.28. The van der Waals surface area contributed by atoms with Gasteiger partial charge in [-0.05, 0) is 78.8 Å². The molecule has 192 valence electrons. The molecule has 7 heteroatoms. The van der Waals surface area contributed by atoms with Crippen LogP contribution in [-0.4, -0.2) is 30.9 Å². The van der Waals surface area contributed by atoms with Gasteiger partial charge in [0.1, 0.15) is 6.10 Å². The van der Waals surface area contributed by atoms with E-state index in [4.69, 9.17) is 15.8 Å². The number of aromatic nitrogens is 1. The molecule has 0 saturated carbocycles.